The Kier molecular flexibility index (Phi) is 11.0. The Bertz CT molecular complexity index is 839. The molecule has 0 saturated carbocycles. The molecule has 0 aliphatic carbocycles. The highest BCUT2D eigenvalue weighted by Crippen LogP contribution is 2.16. The molecule has 0 unspecified atom stereocenters. The summed E-state index contributed by atoms with van der Waals surface area (Å²) in [6.07, 6.45) is 2.36. The number of carbonyl (C=O) groups excluding carboxylic acids is 2. The highest BCUT2D eigenvalue weighted by molar-refractivity contribution is 5.86. The highest BCUT2D eigenvalue weighted by atomic mass is 16.5. The van der Waals surface area contributed by atoms with Crippen molar-refractivity contribution < 1.29 is 24.5 Å². The zero-order valence-corrected chi connectivity index (χ0v) is 18.2. The number of amides is 2. The van der Waals surface area contributed by atoms with Gasteiger partial charge in [-0.15, -0.1) is 6.58 Å². The molecule has 0 fully saturated rings. The van der Waals surface area contributed by atoms with Crippen molar-refractivity contribution in [2.24, 2.45) is 5.92 Å². The lowest BCUT2D eigenvalue weighted by Crippen LogP contribution is -2.42. The maximum Gasteiger partial charge on any atom is 0.224 e. The van der Waals surface area contributed by atoms with Crippen LogP contribution in [0.25, 0.3) is 0 Å². The molecule has 172 valence electrons. The molecule has 0 bridgehead atoms. The van der Waals surface area contributed by atoms with Gasteiger partial charge in [-0.2, -0.15) is 0 Å². The number of allylic oxidation sites excluding steroid dienone is 1. The van der Waals surface area contributed by atoms with Gasteiger partial charge < -0.3 is 25.6 Å². The molecular formula is C25H32N2O5. The van der Waals surface area contributed by atoms with Crippen molar-refractivity contribution in [3.8, 4) is 5.75 Å². The Hall–Kier alpha value is -3.16. The van der Waals surface area contributed by atoms with Crippen molar-refractivity contribution in [2.75, 3.05) is 19.8 Å². The summed E-state index contributed by atoms with van der Waals surface area (Å²) in [5, 5.41) is 23.9. The van der Waals surface area contributed by atoms with Gasteiger partial charge in [0, 0.05) is 13.0 Å². The summed E-state index contributed by atoms with van der Waals surface area (Å²) >= 11 is 0. The first-order valence-corrected chi connectivity index (χ1v) is 10.7. The number of aliphatic hydroxyl groups is 2. The van der Waals surface area contributed by atoms with E-state index in [2.05, 4.69) is 17.2 Å². The number of carbonyl (C=O) groups is 2. The minimum absolute atomic E-state index is 0.0218. The van der Waals surface area contributed by atoms with E-state index in [1.807, 2.05) is 54.6 Å². The molecule has 0 heterocycles. The molecule has 2 rings (SSSR count). The van der Waals surface area contributed by atoms with Gasteiger partial charge in [0.1, 0.15) is 12.4 Å². The van der Waals surface area contributed by atoms with Crippen LogP contribution in [0.4, 0.5) is 0 Å². The van der Waals surface area contributed by atoms with Crippen LogP contribution in [0.1, 0.15) is 24.0 Å². The average molecular weight is 441 g/mol. The molecule has 0 radical (unpaired) electrons. The van der Waals surface area contributed by atoms with Gasteiger partial charge in [-0.25, -0.2) is 0 Å². The van der Waals surface area contributed by atoms with Gasteiger partial charge in [0.15, 0.2) is 0 Å². The molecule has 2 aromatic rings. The molecule has 0 spiro atoms. The van der Waals surface area contributed by atoms with Gasteiger partial charge in [0.05, 0.1) is 25.2 Å². The Labute approximate surface area is 189 Å². The molecule has 4 N–H and O–H groups in total. The van der Waals surface area contributed by atoms with E-state index in [9.17, 15) is 14.7 Å². The Morgan fingerprint density at radius 1 is 1.03 bits per heavy atom. The van der Waals surface area contributed by atoms with E-state index in [1.165, 1.54) is 0 Å². The minimum atomic E-state index is -0.570. The third-order valence-electron chi connectivity index (χ3n) is 4.90. The molecule has 0 saturated heterocycles. The second kappa shape index (κ2) is 14.0. The van der Waals surface area contributed by atoms with E-state index >= 15 is 0 Å². The Morgan fingerprint density at radius 2 is 1.75 bits per heavy atom. The third-order valence-corrected chi connectivity index (χ3v) is 4.90. The number of ether oxygens (including phenoxy) is 1. The Morgan fingerprint density at radius 3 is 2.38 bits per heavy atom. The molecule has 2 aromatic carbocycles. The van der Waals surface area contributed by atoms with Gasteiger partial charge in [-0.1, -0.05) is 48.5 Å². The lowest BCUT2D eigenvalue weighted by Gasteiger charge is -2.19. The summed E-state index contributed by atoms with van der Waals surface area (Å²) in [5.41, 5.74) is 2.03. The topological polar surface area (TPSA) is 108 Å². The van der Waals surface area contributed by atoms with Crippen molar-refractivity contribution in [1.82, 2.24) is 10.6 Å². The van der Waals surface area contributed by atoms with Crippen LogP contribution in [0.15, 0.2) is 67.3 Å². The van der Waals surface area contributed by atoms with E-state index in [1.54, 1.807) is 6.08 Å². The van der Waals surface area contributed by atoms with Crippen LogP contribution in [0, 0.1) is 5.92 Å². The lowest BCUT2D eigenvalue weighted by atomic mass is 9.99. The Balaban J connectivity index is 1.85. The largest absolute Gasteiger partial charge is 0.489 e. The van der Waals surface area contributed by atoms with Crippen molar-refractivity contribution >= 4 is 11.8 Å². The number of aliphatic hydroxyl groups excluding tert-OH is 2. The number of hydrogen-bond acceptors (Lipinski definition) is 5. The van der Waals surface area contributed by atoms with Crippen molar-refractivity contribution in [2.45, 2.75) is 31.9 Å². The lowest BCUT2D eigenvalue weighted by molar-refractivity contribution is -0.130. The summed E-state index contributed by atoms with van der Waals surface area (Å²) in [6.45, 7) is 3.86. The van der Waals surface area contributed by atoms with E-state index in [0.29, 0.717) is 19.4 Å². The van der Waals surface area contributed by atoms with Gasteiger partial charge >= 0.3 is 0 Å². The van der Waals surface area contributed by atoms with Gasteiger partial charge in [0.2, 0.25) is 11.8 Å². The fraction of sp³-hybridized carbons (Fsp3) is 0.360. The highest BCUT2D eigenvalue weighted by Gasteiger charge is 2.22. The van der Waals surface area contributed by atoms with E-state index < -0.39 is 12.0 Å². The van der Waals surface area contributed by atoms with Crippen LogP contribution >= 0.6 is 0 Å². The quantitative estimate of drug-likeness (QED) is 0.336. The molecule has 0 aliphatic rings. The minimum Gasteiger partial charge on any atom is -0.489 e. The molecule has 7 nitrogen and oxygen atoms in total. The summed E-state index contributed by atoms with van der Waals surface area (Å²) in [4.78, 5) is 24.6. The summed E-state index contributed by atoms with van der Waals surface area (Å²) in [5.74, 6) is -0.457. The fourth-order valence-corrected chi connectivity index (χ4v) is 3.23. The monoisotopic (exact) mass is 440 g/mol. The molecule has 2 amide bonds. The fourth-order valence-electron chi connectivity index (χ4n) is 3.23. The number of hydrogen-bond donors (Lipinski definition) is 4. The first-order valence-electron chi connectivity index (χ1n) is 10.7. The van der Waals surface area contributed by atoms with E-state index in [0.717, 1.165) is 16.9 Å². The van der Waals surface area contributed by atoms with E-state index in [4.69, 9.17) is 9.84 Å². The molecule has 32 heavy (non-hydrogen) atoms. The SMILES string of the molecule is C=CC[C@H](CC(=O)N[C@H](CO)Cc1ccc(OCc2ccccc2)cc1)C(=O)NCCO. The number of nitrogens with one attached hydrogen (secondary N) is 2. The molecule has 0 aromatic heterocycles. The summed E-state index contributed by atoms with van der Waals surface area (Å²) in [6, 6.07) is 16.9. The molecular weight excluding hydrogens is 408 g/mol. The van der Waals surface area contributed by atoms with Gasteiger partial charge in [0.25, 0.3) is 0 Å². The second-order valence-electron chi connectivity index (χ2n) is 7.51. The summed E-state index contributed by atoms with van der Waals surface area (Å²) < 4.78 is 5.78. The van der Waals surface area contributed by atoms with Gasteiger partial charge in [-0.05, 0) is 36.1 Å². The predicted molar refractivity (Wildman–Crippen MR) is 123 cm³/mol. The average Bonchev–Trinajstić information content (AvgIpc) is 2.82. The maximum atomic E-state index is 12.4. The predicted octanol–water partition coefficient (Wildman–Crippen LogP) is 1.98. The number of benzene rings is 2. The molecule has 2 atom stereocenters. The van der Waals surface area contributed by atoms with E-state index in [-0.39, 0.29) is 38.0 Å². The van der Waals surface area contributed by atoms with Crippen LogP contribution < -0.4 is 15.4 Å². The van der Waals surface area contributed by atoms with Gasteiger partial charge in [-0.3, -0.25) is 9.59 Å². The second-order valence-corrected chi connectivity index (χ2v) is 7.51. The zero-order valence-electron chi connectivity index (χ0n) is 18.2. The van der Waals surface area contributed by atoms with Crippen LogP contribution in [-0.2, 0) is 22.6 Å². The summed E-state index contributed by atoms with van der Waals surface area (Å²) in [7, 11) is 0. The maximum absolute atomic E-state index is 12.4. The van der Waals surface area contributed by atoms with Crippen LogP contribution in [0.3, 0.4) is 0 Å². The standard InChI is InChI=1S/C25H32N2O5/c1-2-6-21(25(31)26-13-14-28)16-24(30)27-22(17-29)15-19-9-11-23(12-10-19)32-18-20-7-4-3-5-8-20/h2-5,7-12,21-22,28-29H,1,6,13-18H2,(H,26,31)(H,27,30)/t21-,22+/m1/s1. The number of rotatable bonds is 14. The van der Waals surface area contributed by atoms with Crippen LogP contribution in [0.2, 0.25) is 0 Å². The van der Waals surface area contributed by atoms with Crippen molar-refractivity contribution in [1.29, 1.82) is 0 Å². The first-order chi connectivity index (χ1) is 15.5. The third kappa shape index (κ3) is 8.91. The van der Waals surface area contributed by atoms with Crippen molar-refractivity contribution in [3.05, 3.63) is 78.4 Å². The van der Waals surface area contributed by atoms with Crippen LogP contribution in [0.5, 0.6) is 5.75 Å². The normalized spacial score (nSPS) is 12.4. The molecule has 7 heteroatoms. The smallest absolute Gasteiger partial charge is 0.224 e. The van der Waals surface area contributed by atoms with Crippen molar-refractivity contribution in [3.63, 3.8) is 0 Å². The van der Waals surface area contributed by atoms with Crippen LogP contribution in [-0.4, -0.2) is 47.8 Å². The molecule has 0 aliphatic heterocycles. The first kappa shape index (κ1) is 25.1. The zero-order chi connectivity index (χ0) is 23.2.